The molecule has 1 fully saturated rings. The fourth-order valence-electron chi connectivity index (χ4n) is 6.22. The van der Waals surface area contributed by atoms with Crippen LogP contribution in [0.4, 0.5) is 0 Å². The van der Waals surface area contributed by atoms with E-state index in [1.165, 1.54) is 88.1 Å². The van der Waals surface area contributed by atoms with Crippen molar-refractivity contribution in [2.24, 2.45) is 14.1 Å². The molecule has 3 aromatic carbocycles. The molecular weight excluding hydrogens is 472 g/mol. The van der Waals surface area contributed by atoms with Crippen LogP contribution in [-0.4, -0.2) is 0 Å². The summed E-state index contributed by atoms with van der Waals surface area (Å²) in [5.41, 5.74) is 12.7. The zero-order valence-electron chi connectivity index (χ0n) is 23.4. The maximum Gasteiger partial charge on any atom is 0.278 e. The largest absolute Gasteiger partial charge is 0.278 e. The molecule has 2 heteroatoms. The van der Waals surface area contributed by atoms with Crippen LogP contribution in [0, 0.1) is 6.92 Å². The highest BCUT2D eigenvalue weighted by atomic mass is 15.0. The minimum Gasteiger partial charge on any atom is -0.196 e. The molecule has 0 radical (unpaired) electrons. The number of benzene rings is 3. The van der Waals surface area contributed by atoms with Gasteiger partial charge in [0.15, 0.2) is 6.20 Å². The summed E-state index contributed by atoms with van der Waals surface area (Å²) in [6, 6.07) is 38.1. The van der Waals surface area contributed by atoms with Crippen LogP contribution in [-0.2, 0) is 14.1 Å². The van der Waals surface area contributed by atoms with E-state index in [0.717, 1.165) is 5.92 Å². The Morgan fingerprint density at radius 1 is 0.564 bits per heavy atom. The maximum absolute atomic E-state index is 2.36. The zero-order valence-corrected chi connectivity index (χ0v) is 23.4. The van der Waals surface area contributed by atoms with E-state index >= 15 is 0 Å². The second kappa shape index (κ2) is 11.0. The monoisotopic (exact) mass is 510 g/mol. The molecule has 1 aliphatic rings. The van der Waals surface area contributed by atoms with Crippen LogP contribution >= 0.6 is 0 Å². The molecule has 2 heterocycles. The lowest BCUT2D eigenvalue weighted by molar-refractivity contribution is -0.685. The Morgan fingerprint density at radius 2 is 1.15 bits per heavy atom. The average molecular weight is 511 g/mol. The van der Waals surface area contributed by atoms with Gasteiger partial charge in [-0.3, -0.25) is 0 Å². The second-order valence-corrected chi connectivity index (χ2v) is 11.1. The Bertz CT molecular complexity index is 1520. The van der Waals surface area contributed by atoms with Crippen LogP contribution in [0.5, 0.6) is 0 Å². The quantitative estimate of drug-likeness (QED) is 0.210. The first-order valence-electron chi connectivity index (χ1n) is 14.3. The number of aromatic nitrogens is 2. The summed E-state index contributed by atoms with van der Waals surface area (Å²) in [6.07, 6.45) is 8.96. The zero-order chi connectivity index (χ0) is 26.8. The van der Waals surface area contributed by atoms with Crippen LogP contribution in [0.2, 0.25) is 0 Å². The molecule has 0 spiro atoms. The van der Waals surface area contributed by atoms with E-state index in [2.05, 4.69) is 139 Å². The van der Waals surface area contributed by atoms with E-state index in [9.17, 15) is 0 Å². The number of pyridine rings is 2. The van der Waals surface area contributed by atoms with E-state index in [1.54, 1.807) is 0 Å². The third-order valence-corrected chi connectivity index (χ3v) is 8.58. The van der Waals surface area contributed by atoms with E-state index in [1.807, 2.05) is 0 Å². The Morgan fingerprint density at radius 3 is 1.82 bits per heavy atom. The molecule has 0 N–H and O–H groups in total. The van der Waals surface area contributed by atoms with Gasteiger partial charge in [-0.15, -0.1) is 0 Å². The first-order chi connectivity index (χ1) is 19.1. The van der Waals surface area contributed by atoms with Crippen molar-refractivity contribution in [2.75, 3.05) is 0 Å². The molecule has 2 nitrogen and oxygen atoms in total. The SMILES string of the molecule is Cc1ccccc1-c1cc(-c2ccc(-c3ccc(C4CCCCC4)cc3)cc2)cc(-c2cccc[n+]2C)[n+]1C. The second-order valence-electron chi connectivity index (χ2n) is 11.1. The molecule has 1 aliphatic carbocycles. The summed E-state index contributed by atoms with van der Waals surface area (Å²) in [4.78, 5) is 0. The van der Waals surface area contributed by atoms with Crippen LogP contribution in [0.15, 0.2) is 109 Å². The van der Waals surface area contributed by atoms with Crippen molar-refractivity contribution >= 4 is 0 Å². The van der Waals surface area contributed by atoms with E-state index in [4.69, 9.17) is 0 Å². The van der Waals surface area contributed by atoms with Crippen LogP contribution in [0.1, 0.15) is 49.1 Å². The molecule has 194 valence electrons. The maximum atomic E-state index is 2.36. The standard InChI is InChI=1S/C37H38N2/c1-27-11-7-8-14-34(27)36-25-33(26-37(39(36)3)35-15-9-10-24-38(35)2)32-22-20-31(21-23-32)30-18-16-29(17-19-30)28-12-5-4-6-13-28/h7-11,14-26,28H,4-6,12-13H2,1-3H3/q+2. The molecule has 1 saturated carbocycles. The first kappa shape index (κ1) is 25.2. The van der Waals surface area contributed by atoms with Gasteiger partial charge in [-0.1, -0.05) is 86.0 Å². The third kappa shape index (κ3) is 5.16. The van der Waals surface area contributed by atoms with Gasteiger partial charge in [0.25, 0.3) is 11.4 Å². The highest BCUT2D eigenvalue weighted by Crippen LogP contribution is 2.34. The average Bonchev–Trinajstić information content (AvgIpc) is 2.99. The van der Waals surface area contributed by atoms with Gasteiger partial charge in [0.05, 0.1) is 0 Å². The summed E-state index contributed by atoms with van der Waals surface area (Å²) < 4.78 is 4.52. The molecule has 0 atom stereocenters. The number of aryl methyl sites for hydroxylation is 2. The fourth-order valence-corrected chi connectivity index (χ4v) is 6.22. The Balaban J connectivity index is 1.38. The lowest BCUT2D eigenvalue weighted by atomic mass is 9.83. The summed E-state index contributed by atoms with van der Waals surface area (Å²) in [5, 5.41) is 0. The van der Waals surface area contributed by atoms with Crippen molar-refractivity contribution in [3.05, 3.63) is 120 Å². The molecule has 6 rings (SSSR count). The van der Waals surface area contributed by atoms with Gasteiger partial charge in [0.2, 0.25) is 5.69 Å². The van der Waals surface area contributed by atoms with Crippen molar-refractivity contribution < 1.29 is 9.13 Å². The van der Waals surface area contributed by atoms with E-state index in [0.29, 0.717) is 0 Å². The summed E-state index contributed by atoms with van der Waals surface area (Å²) in [5.74, 6) is 0.748. The number of rotatable bonds is 5. The van der Waals surface area contributed by atoms with Gasteiger partial charge in [0, 0.05) is 29.8 Å². The number of nitrogens with zero attached hydrogens (tertiary/aromatic N) is 2. The van der Waals surface area contributed by atoms with Crippen molar-refractivity contribution in [3.63, 3.8) is 0 Å². The Kier molecular flexibility index (Phi) is 7.11. The summed E-state index contributed by atoms with van der Waals surface area (Å²) >= 11 is 0. The molecule has 0 amide bonds. The first-order valence-corrected chi connectivity index (χ1v) is 14.3. The lowest BCUT2D eigenvalue weighted by Crippen LogP contribution is -2.40. The van der Waals surface area contributed by atoms with Gasteiger partial charge < -0.3 is 0 Å². The van der Waals surface area contributed by atoms with Crippen molar-refractivity contribution in [3.8, 4) is 44.9 Å². The highest BCUT2D eigenvalue weighted by Gasteiger charge is 2.25. The van der Waals surface area contributed by atoms with Gasteiger partial charge in [-0.05, 0) is 71.2 Å². The smallest absolute Gasteiger partial charge is 0.196 e. The Hall–Kier alpha value is -4.04. The third-order valence-electron chi connectivity index (χ3n) is 8.58. The molecule has 39 heavy (non-hydrogen) atoms. The minimum atomic E-state index is 0.748. The predicted octanol–water partition coefficient (Wildman–Crippen LogP) is 8.36. The van der Waals surface area contributed by atoms with Gasteiger partial charge in [0.1, 0.15) is 14.1 Å². The minimum absolute atomic E-state index is 0.748. The predicted molar refractivity (Wildman–Crippen MR) is 161 cm³/mol. The molecular formula is C37H38N2+2. The van der Waals surface area contributed by atoms with Gasteiger partial charge in [-0.25, -0.2) is 0 Å². The molecule has 2 aromatic heterocycles. The number of hydrogen-bond donors (Lipinski definition) is 0. The van der Waals surface area contributed by atoms with Crippen LogP contribution < -0.4 is 9.13 Å². The van der Waals surface area contributed by atoms with Crippen molar-refractivity contribution in [1.29, 1.82) is 0 Å². The fraction of sp³-hybridized carbons (Fsp3) is 0.243. The van der Waals surface area contributed by atoms with E-state index < -0.39 is 0 Å². The molecule has 0 bridgehead atoms. The molecule has 0 saturated heterocycles. The molecule has 5 aromatic rings. The summed E-state index contributed by atoms with van der Waals surface area (Å²) in [6.45, 7) is 2.19. The highest BCUT2D eigenvalue weighted by molar-refractivity contribution is 5.75. The van der Waals surface area contributed by atoms with Crippen molar-refractivity contribution in [2.45, 2.75) is 44.9 Å². The van der Waals surface area contributed by atoms with Gasteiger partial charge in [-0.2, -0.15) is 9.13 Å². The molecule has 0 aliphatic heterocycles. The van der Waals surface area contributed by atoms with Crippen LogP contribution in [0.3, 0.4) is 0 Å². The molecule has 0 unspecified atom stereocenters. The summed E-state index contributed by atoms with van der Waals surface area (Å²) in [7, 11) is 4.29. The lowest BCUT2D eigenvalue weighted by Gasteiger charge is -2.22. The van der Waals surface area contributed by atoms with E-state index in [-0.39, 0.29) is 0 Å². The number of hydrogen-bond acceptors (Lipinski definition) is 0. The normalized spacial score (nSPS) is 13.9. The van der Waals surface area contributed by atoms with Crippen molar-refractivity contribution in [1.82, 2.24) is 0 Å². The topological polar surface area (TPSA) is 7.76 Å². The van der Waals surface area contributed by atoms with Gasteiger partial charge >= 0.3 is 0 Å². The van der Waals surface area contributed by atoms with Crippen LogP contribution in [0.25, 0.3) is 44.9 Å². The Labute approximate surface area is 233 Å².